The predicted octanol–water partition coefficient (Wildman–Crippen LogP) is 6.91. The van der Waals surface area contributed by atoms with Gasteiger partial charge in [-0.3, -0.25) is 0 Å². The number of methoxy groups -OCH3 is 1. The molecule has 0 radical (unpaired) electrons. The monoisotopic (exact) mass is 472 g/mol. The van der Waals surface area contributed by atoms with Gasteiger partial charge in [0.25, 0.3) is 0 Å². The van der Waals surface area contributed by atoms with Crippen molar-refractivity contribution in [1.82, 2.24) is 10.2 Å². The van der Waals surface area contributed by atoms with Gasteiger partial charge in [0.05, 0.1) is 6.10 Å². The van der Waals surface area contributed by atoms with E-state index in [4.69, 9.17) is 4.74 Å². The van der Waals surface area contributed by atoms with E-state index in [9.17, 15) is 0 Å². The lowest BCUT2D eigenvalue weighted by Gasteiger charge is -2.45. The molecule has 4 saturated carbocycles. The Morgan fingerprint density at radius 1 is 0.588 bits per heavy atom. The molecule has 0 aromatic rings. The van der Waals surface area contributed by atoms with Gasteiger partial charge in [-0.2, -0.15) is 0 Å². The molecule has 5 rings (SSSR count). The lowest BCUT2D eigenvalue weighted by Crippen LogP contribution is -2.43. The molecule has 1 aliphatic heterocycles. The van der Waals surface area contributed by atoms with Gasteiger partial charge in [0.15, 0.2) is 0 Å². The van der Waals surface area contributed by atoms with Crippen LogP contribution >= 0.6 is 0 Å². The van der Waals surface area contributed by atoms with Gasteiger partial charge in [-0.1, -0.05) is 32.1 Å². The molecule has 3 atom stereocenters. The maximum absolute atomic E-state index is 5.69. The summed E-state index contributed by atoms with van der Waals surface area (Å²) in [4.78, 5) is 3.04. The SMILES string of the molecule is COC1CCC(CN(CC2CCC(C3CCNCC3)CC2)CC2CCCC3CCCCC32)CC1. The molecule has 0 spiro atoms. The zero-order valence-corrected chi connectivity index (χ0v) is 22.5. The zero-order chi connectivity index (χ0) is 23.2. The van der Waals surface area contributed by atoms with Crippen molar-refractivity contribution < 1.29 is 4.74 Å². The Labute approximate surface area is 211 Å². The standard InChI is InChI=1S/C31H56N2O/c1-34-30-15-11-25(12-16-30)22-33(23-29-7-4-6-28-5-2-3-8-31(28)29)21-24-9-13-26(14-10-24)27-17-19-32-20-18-27/h24-32H,2-23H2,1H3. The van der Waals surface area contributed by atoms with Crippen LogP contribution in [0.15, 0.2) is 0 Å². The van der Waals surface area contributed by atoms with E-state index in [1.807, 2.05) is 7.11 Å². The molecule has 0 aromatic heterocycles. The minimum Gasteiger partial charge on any atom is -0.381 e. The average Bonchev–Trinajstić information content (AvgIpc) is 2.90. The fourth-order valence-electron chi connectivity index (χ4n) is 9.29. The molecule has 34 heavy (non-hydrogen) atoms. The Bertz CT molecular complexity index is 572. The van der Waals surface area contributed by atoms with E-state index in [0.717, 1.165) is 41.4 Å². The second kappa shape index (κ2) is 12.9. The quantitative estimate of drug-likeness (QED) is 0.415. The zero-order valence-electron chi connectivity index (χ0n) is 22.5. The molecule has 3 unspecified atom stereocenters. The van der Waals surface area contributed by atoms with Gasteiger partial charge in [0.1, 0.15) is 0 Å². The number of rotatable bonds is 8. The summed E-state index contributed by atoms with van der Waals surface area (Å²) in [6.07, 6.45) is 25.6. The summed E-state index contributed by atoms with van der Waals surface area (Å²) in [6, 6.07) is 0. The van der Waals surface area contributed by atoms with E-state index in [1.165, 1.54) is 123 Å². The van der Waals surface area contributed by atoms with Gasteiger partial charge in [-0.15, -0.1) is 0 Å². The van der Waals surface area contributed by atoms with Crippen LogP contribution in [0.2, 0.25) is 0 Å². The molecule has 4 aliphatic carbocycles. The summed E-state index contributed by atoms with van der Waals surface area (Å²) < 4.78 is 5.69. The van der Waals surface area contributed by atoms with Crippen LogP contribution < -0.4 is 5.32 Å². The minimum absolute atomic E-state index is 0.538. The number of hydrogen-bond acceptors (Lipinski definition) is 3. The predicted molar refractivity (Wildman–Crippen MR) is 143 cm³/mol. The van der Waals surface area contributed by atoms with Crippen molar-refractivity contribution in [3.8, 4) is 0 Å². The van der Waals surface area contributed by atoms with E-state index in [1.54, 1.807) is 19.3 Å². The number of fused-ring (bicyclic) bond motifs is 1. The molecule has 0 amide bonds. The summed E-state index contributed by atoms with van der Waals surface area (Å²) in [5.74, 6) is 7.09. The van der Waals surface area contributed by atoms with E-state index < -0.39 is 0 Å². The number of ether oxygens (including phenoxy) is 1. The third kappa shape index (κ3) is 6.80. The van der Waals surface area contributed by atoms with Crippen LogP contribution in [0.25, 0.3) is 0 Å². The van der Waals surface area contributed by atoms with Gasteiger partial charge in [0, 0.05) is 26.7 Å². The molecule has 196 valence electrons. The number of hydrogen-bond donors (Lipinski definition) is 1. The Kier molecular flexibility index (Phi) is 9.69. The van der Waals surface area contributed by atoms with Crippen LogP contribution in [0.3, 0.4) is 0 Å². The van der Waals surface area contributed by atoms with Crippen LogP contribution in [0.4, 0.5) is 0 Å². The highest BCUT2D eigenvalue weighted by Crippen LogP contribution is 2.45. The fourth-order valence-corrected chi connectivity index (χ4v) is 9.29. The van der Waals surface area contributed by atoms with Crippen molar-refractivity contribution in [3.63, 3.8) is 0 Å². The summed E-state index contributed by atoms with van der Waals surface area (Å²) >= 11 is 0. The van der Waals surface area contributed by atoms with Crippen molar-refractivity contribution in [3.05, 3.63) is 0 Å². The van der Waals surface area contributed by atoms with Gasteiger partial charge >= 0.3 is 0 Å². The lowest BCUT2D eigenvalue weighted by molar-refractivity contribution is 0.0322. The van der Waals surface area contributed by atoms with E-state index in [-0.39, 0.29) is 0 Å². The van der Waals surface area contributed by atoms with Crippen LogP contribution in [0, 0.1) is 41.4 Å². The Morgan fingerprint density at radius 2 is 1.21 bits per heavy atom. The number of nitrogens with one attached hydrogen (secondary N) is 1. The summed E-state index contributed by atoms with van der Waals surface area (Å²) in [7, 11) is 1.92. The third-order valence-electron chi connectivity index (χ3n) is 11.3. The van der Waals surface area contributed by atoms with Crippen molar-refractivity contribution in [2.24, 2.45) is 41.4 Å². The van der Waals surface area contributed by atoms with E-state index in [2.05, 4.69) is 10.2 Å². The van der Waals surface area contributed by atoms with E-state index in [0.29, 0.717) is 6.10 Å². The number of piperidine rings is 1. The molecule has 0 bridgehead atoms. The molecule has 1 saturated heterocycles. The first kappa shape index (κ1) is 25.5. The highest BCUT2D eigenvalue weighted by atomic mass is 16.5. The summed E-state index contributed by atoms with van der Waals surface area (Å²) in [5.41, 5.74) is 0. The highest BCUT2D eigenvalue weighted by molar-refractivity contribution is 4.89. The second-order valence-corrected chi connectivity index (χ2v) is 13.4. The smallest absolute Gasteiger partial charge is 0.0571 e. The Morgan fingerprint density at radius 3 is 1.91 bits per heavy atom. The van der Waals surface area contributed by atoms with E-state index >= 15 is 0 Å². The van der Waals surface area contributed by atoms with Gasteiger partial charge < -0.3 is 15.0 Å². The molecular formula is C31H56N2O. The second-order valence-electron chi connectivity index (χ2n) is 13.4. The number of nitrogens with zero attached hydrogens (tertiary/aromatic N) is 1. The van der Waals surface area contributed by atoms with Crippen molar-refractivity contribution in [2.75, 3.05) is 39.8 Å². The molecule has 1 heterocycles. The van der Waals surface area contributed by atoms with Crippen molar-refractivity contribution in [1.29, 1.82) is 0 Å². The molecular weight excluding hydrogens is 416 g/mol. The third-order valence-corrected chi connectivity index (χ3v) is 11.3. The lowest BCUT2D eigenvalue weighted by atomic mass is 9.65. The normalized spacial score (nSPS) is 40.2. The molecule has 5 fully saturated rings. The van der Waals surface area contributed by atoms with Gasteiger partial charge in [-0.25, -0.2) is 0 Å². The highest BCUT2D eigenvalue weighted by Gasteiger charge is 2.37. The van der Waals surface area contributed by atoms with Crippen molar-refractivity contribution >= 4 is 0 Å². The minimum atomic E-state index is 0.538. The maximum atomic E-state index is 5.69. The van der Waals surface area contributed by atoms with Crippen LogP contribution in [-0.2, 0) is 4.74 Å². The van der Waals surface area contributed by atoms with Gasteiger partial charge in [-0.05, 0) is 132 Å². The molecule has 5 aliphatic rings. The van der Waals surface area contributed by atoms with Crippen LogP contribution in [0.1, 0.15) is 109 Å². The first-order valence-electron chi connectivity index (χ1n) is 15.7. The van der Waals surface area contributed by atoms with Crippen LogP contribution in [-0.4, -0.2) is 50.8 Å². The van der Waals surface area contributed by atoms with Crippen molar-refractivity contribution in [2.45, 2.75) is 115 Å². The average molecular weight is 473 g/mol. The molecule has 3 nitrogen and oxygen atoms in total. The first-order chi connectivity index (χ1) is 16.8. The molecule has 1 N–H and O–H groups in total. The fraction of sp³-hybridized carbons (Fsp3) is 1.00. The Balaban J connectivity index is 1.16. The van der Waals surface area contributed by atoms with Crippen LogP contribution in [0.5, 0.6) is 0 Å². The first-order valence-corrected chi connectivity index (χ1v) is 15.7. The summed E-state index contributed by atoms with van der Waals surface area (Å²) in [6.45, 7) is 6.77. The molecule has 0 aromatic carbocycles. The Hall–Kier alpha value is -0.120. The maximum Gasteiger partial charge on any atom is 0.0571 e. The molecule has 3 heteroatoms. The largest absolute Gasteiger partial charge is 0.381 e. The summed E-state index contributed by atoms with van der Waals surface area (Å²) in [5, 5.41) is 3.58. The topological polar surface area (TPSA) is 24.5 Å². The van der Waals surface area contributed by atoms with Gasteiger partial charge in [0.2, 0.25) is 0 Å².